The van der Waals surface area contributed by atoms with Crippen LogP contribution < -0.4 is 0 Å². The molecule has 1 fully saturated rings. The van der Waals surface area contributed by atoms with E-state index in [1.54, 1.807) is 0 Å². The van der Waals surface area contributed by atoms with E-state index in [-0.39, 0.29) is 0 Å². The summed E-state index contributed by atoms with van der Waals surface area (Å²) in [6.07, 6.45) is 2.90. The van der Waals surface area contributed by atoms with E-state index >= 15 is 0 Å². The maximum Gasteiger partial charge on any atom is -0.0295 e. The normalized spacial score (nSPS) is 37.6. The van der Waals surface area contributed by atoms with Crippen LogP contribution in [0.4, 0.5) is 0 Å². The summed E-state index contributed by atoms with van der Waals surface area (Å²) in [6, 6.07) is 0. The van der Waals surface area contributed by atoms with Crippen molar-refractivity contribution in [3.05, 3.63) is 0 Å². The van der Waals surface area contributed by atoms with Crippen molar-refractivity contribution in [2.75, 3.05) is 0 Å². The second-order valence-electron chi connectivity index (χ2n) is 6.04. The van der Waals surface area contributed by atoms with Gasteiger partial charge in [-0.15, -0.1) is 0 Å². The molecule has 0 heteroatoms. The molecule has 78 valence electrons. The molecule has 0 nitrogen and oxygen atoms in total. The maximum absolute atomic E-state index is 2.46. The smallest absolute Gasteiger partial charge is 0.0295 e. The van der Waals surface area contributed by atoms with Gasteiger partial charge in [-0.3, -0.25) is 0 Å². The summed E-state index contributed by atoms with van der Waals surface area (Å²) in [6.45, 7) is 14.4. The van der Waals surface area contributed by atoms with Crippen molar-refractivity contribution < 1.29 is 0 Å². The predicted molar refractivity (Wildman–Crippen MR) is 59.7 cm³/mol. The van der Waals surface area contributed by atoms with Gasteiger partial charge in [0.25, 0.3) is 0 Å². The van der Waals surface area contributed by atoms with Crippen LogP contribution in [0, 0.1) is 29.1 Å². The van der Waals surface area contributed by atoms with Gasteiger partial charge in [-0.05, 0) is 41.9 Å². The summed E-state index contributed by atoms with van der Waals surface area (Å²) in [5.41, 5.74) is 0.697. The minimum atomic E-state index is 0.697. The lowest BCUT2D eigenvalue weighted by Crippen LogP contribution is -2.17. The van der Waals surface area contributed by atoms with Gasteiger partial charge in [-0.2, -0.15) is 0 Å². The molecule has 0 saturated heterocycles. The summed E-state index contributed by atoms with van der Waals surface area (Å²) in [5, 5.41) is 0. The van der Waals surface area contributed by atoms with Crippen molar-refractivity contribution >= 4 is 0 Å². The SMILES string of the molecule is CC(C)C(C)C(C)CC1(C)CC1C. The van der Waals surface area contributed by atoms with Gasteiger partial charge in [-0.25, -0.2) is 0 Å². The van der Waals surface area contributed by atoms with Gasteiger partial charge in [0.05, 0.1) is 0 Å². The van der Waals surface area contributed by atoms with Crippen molar-refractivity contribution in [2.45, 2.75) is 54.4 Å². The first kappa shape index (κ1) is 11.1. The number of rotatable bonds is 4. The second kappa shape index (κ2) is 3.63. The largest absolute Gasteiger partial charge is 0.0625 e. The van der Waals surface area contributed by atoms with Gasteiger partial charge in [0.2, 0.25) is 0 Å². The van der Waals surface area contributed by atoms with Gasteiger partial charge >= 0.3 is 0 Å². The van der Waals surface area contributed by atoms with Gasteiger partial charge in [0.15, 0.2) is 0 Å². The molecule has 0 amide bonds. The van der Waals surface area contributed by atoms with Crippen LogP contribution >= 0.6 is 0 Å². The zero-order valence-corrected chi connectivity index (χ0v) is 10.2. The van der Waals surface area contributed by atoms with E-state index in [1.807, 2.05) is 0 Å². The Bertz CT molecular complexity index is 171. The minimum absolute atomic E-state index is 0.697. The fourth-order valence-corrected chi connectivity index (χ4v) is 2.50. The van der Waals surface area contributed by atoms with Crippen LogP contribution in [0.5, 0.6) is 0 Å². The summed E-state index contributed by atoms with van der Waals surface area (Å²) >= 11 is 0. The van der Waals surface area contributed by atoms with Crippen LogP contribution in [0.1, 0.15) is 54.4 Å². The van der Waals surface area contributed by atoms with E-state index in [0.717, 1.165) is 23.7 Å². The zero-order chi connectivity index (χ0) is 10.2. The third-order valence-electron chi connectivity index (χ3n) is 4.54. The summed E-state index contributed by atoms with van der Waals surface area (Å²) in [7, 11) is 0. The minimum Gasteiger partial charge on any atom is -0.0625 e. The van der Waals surface area contributed by atoms with Gasteiger partial charge < -0.3 is 0 Å². The van der Waals surface area contributed by atoms with Crippen molar-refractivity contribution in [1.82, 2.24) is 0 Å². The molecule has 0 aromatic carbocycles. The fraction of sp³-hybridized carbons (Fsp3) is 1.00. The fourth-order valence-electron chi connectivity index (χ4n) is 2.50. The Kier molecular flexibility index (Phi) is 3.09. The maximum atomic E-state index is 2.46. The summed E-state index contributed by atoms with van der Waals surface area (Å²) in [5.74, 6) is 3.60. The van der Waals surface area contributed by atoms with E-state index in [4.69, 9.17) is 0 Å². The summed E-state index contributed by atoms with van der Waals surface area (Å²) < 4.78 is 0. The molecule has 0 bridgehead atoms. The topological polar surface area (TPSA) is 0 Å². The molecule has 0 aromatic rings. The lowest BCUT2D eigenvalue weighted by Gasteiger charge is -2.26. The molecule has 4 unspecified atom stereocenters. The molecule has 0 N–H and O–H groups in total. The Hall–Kier alpha value is 0. The van der Waals surface area contributed by atoms with Crippen LogP contribution in [0.3, 0.4) is 0 Å². The molecule has 0 spiro atoms. The second-order valence-corrected chi connectivity index (χ2v) is 6.04. The van der Waals surface area contributed by atoms with E-state index in [0.29, 0.717) is 5.41 Å². The molecule has 0 radical (unpaired) electrons. The lowest BCUT2D eigenvalue weighted by molar-refractivity contribution is 0.238. The first-order valence-corrected chi connectivity index (χ1v) is 5.87. The monoisotopic (exact) mass is 182 g/mol. The molecule has 0 heterocycles. The lowest BCUT2D eigenvalue weighted by atomic mass is 9.80. The van der Waals surface area contributed by atoms with Crippen molar-refractivity contribution in [2.24, 2.45) is 29.1 Å². The molecule has 1 rings (SSSR count). The Morgan fingerprint density at radius 1 is 1.23 bits per heavy atom. The Morgan fingerprint density at radius 2 is 1.69 bits per heavy atom. The quantitative estimate of drug-likeness (QED) is 0.606. The molecular weight excluding hydrogens is 156 g/mol. The van der Waals surface area contributed by atoms with Crippen LogP contribution in [-0.4, -0.2) is 0 Å². The van der Waals surface area contributed by atoms with E-state index in [1.165, 1.54) is 12.8 Å². The first-order valence-electron chi connectivity index (χ1n) is 5.87. The molecule has 1 aliphatic carbocycles. The van der Waals surface area contributed by atoms with Crippen LogP contribution in [0.25, 0.3) is 0 Å². The van der Waals surface area contributed by atoms with Crippen molar-refractivity contribution in [3.63, 3.8) is 0 Å². The standard InChI is InChI=1S/C13H26/c1-9(2)12(5)10(3)7-13(6)8-11(13)4/h9-12H,7-8H2,1-6H3. The molecule has 1 saturated carbocycles. The third kappa shape index (κ3) is 2.48. The number of hydrogen-bond acceptors (Lipinski definition) is 0. The predicted octanol–water partition coefficient (Wildman–Crippen LogP) is 4.35. The van der Waals surface area contributed by atoms with Gasteiger partial charge in [-0.1, -0.05) is 41.5 Å². The molecule has 0 aromatic heterocycles. The highest BCUT2D eigenvalue weighted by Gasteiger charge is 2.47. The van der Waals surface area contributed by atoms with Gasteiger partial charge in [0, 0.05) is 0 Å². The molecule has 1 aliphatic rings. The first-order chi connectivity index (χ1) is 5.87. The molecule has 13 heavy (non-hydrogen) atoms. The van der Waals surface area contributed by atoms with Crippen LogP contribution in [0.15, 0.2) is 0 Å². The van der Waals surface area contributed by atoms with Crippen molar-refractivity contribution in [3.8, 4) is 0 Å². The average Bonchev–Trinajstić information content (AvgIpc) is 2.57. The highest BCUT2D eigenvalue weighted by Crippen LogP contribution is 2.56. The highest BCUT2D eigenvalue weighted by atomic mass is 14.5. The van der Waals surface area contributed by atoms with Crippen LogP contribution in [0.2, 0.25) is 0 Å². The Morgan fingerprint density at radius 3 is 2.00 bits per heavy atom. The molecule has 4 atom stereocenters. The van der Waals surface area contributed by atoms with E-state index < -0.39 is 0 Å². The zero-order valence-electron chi connectivity index (χ0n) is 10.2. The highest BCUT2D eigenvalue weighted by molar-refractivity contribution is 4.97. The third-order valence-corrected chi connectivity index (χ3v) is 4.54. The average molecular weight is 182 g/mol. The van der Waals surface area contributed by atoms with E-state index in [9.17, 15) is 0 Å². The molecule has 0 aliphatic heterocycles. The van der Waals surface area contributed by atoms with Crippen LogP contribution in [-0.2, 0) is 0 Å². The number of hydrogen-bond donors (Lipinski definition) is 0. The van der Waals surface area contributed by atoms with E-state index in [2.05, 4.69) is 41.5 Å². The molecular formula is C13H26. The Balaban J connectivity index is 2.37. The van der Waals surface area contributed by atoms with Gasteiger partial charge in [0.1, 0.15) is 0 Å². The Labute approximate surface area is 84.1 Å². The summed E-state index contributed by atoms with van der Waals surface area (Å²) in [4.78, 5) is 0. The van der Waals surface area contributed by atoms with Crippen molar-refractivity contribution in [1.29, 1.82) is 0 Å².